The van der Waals surface area contributed by atoms with E-state index in [0.717, 1.165) is 13.8 Å². The van der Waals surface area contributed by atoms with Gasteiger partial charge in [-0.1, -0.05) is 0 Å². The van der Waals surface area contributed by atoms with E-state index in [0.29, 0.717) is 0 Å². The number of hydrogen-bond acceptors (Lipinski definition) is 30. The standard InChI is InChI=1S/C43H73N3O30/c1-13-24(44-14(2)52)29(59)35(21(10-50)68-13)74-39-25(45-15(3)53)30(60)36(22(11-51)71-39)75-40-34(64)31(61)28(58)23(72-40)12-67-41-37(32(62)27(57)20(9-49)70-41)76-42-43(66,46-16(4)54)7-18(19(8-48)73-42)69-38(65)33(63)26(56)17(55)5-6-47/h13,17-25,27-32,34-42,47-51,55-66H,5-12H2,1-4H3,(H,44,52)(H,45,53)(H,46,54)/b33-26-/t13-,17-,18-,19?,20?,21?,22?,23?,24?,25?,27+,28+,29?,30?,31?,32?,34?,35+,36+,37?,38-,39-,40-,41-,42-,43?/m0/s1. The summed E-state index contributed by atoms with van der Waals surface area (Å²) in [5.74, 6) is -4.83. The highest BCUT2D eigenvalue weighted by Gasteiger charge is 2.57. The third-order valence-corrected chi connectivity index (χ3v) is 13.2. The molecule has 26 atom stereocenters. The van der Waals surface area contributed by atoms with Gasteiger partial charge in [-0.05, 0) is 6.92 Å². The van der Waals surface area contributed by atoms with Crippen LogP contribution in [0.4, 0.5) is 0 Å². The zero-order valence-electron chi connectivity index (χ0n) is 41.5. The maximum absolute atomic E-state index is 12.5. The fourth-order valence-corrected chi connectivity index (χ4v) is 9.31. The van der Waals surface area contributed by atoms with E-state index in [1.54, 1.807) is 0 Å². The highest BCUT2D eigenvalue weighted by molar-refractivity contribution is 5.74. The summed E-state index contributed by atoms with van der Waals surface area (Å²) in [5.41, 5.74) is -2.77. The van der Waals surface area contributed by atoms with Crippen LogP contribution >= 0.6 is 0 Å². The van der Waals surface area contributed by atoms with Crippen LogP contribution in [0.1, 0.15) is 40.5 Å². The van der Waals surface area contributed by atoms with Gasteiger partial charge >= 0.3 is 0 Å². The Bertz CT molecular complexity index is 1910. The first kappa shape index (κ1) is 63.6. The van der Waals surface area contributed by atoms with E-state index in [-0.39, 0.29) is 0 Å². The molecule has 0 aromatic rings. The Hall–Kier alpha value is -3.25. The van der Waals surface area contributed by atoms with Crippen molar-refractivity contribution in [3.63, 3.8) is 0 Å². The second kappa shape index (κ2) is 27.8. The predicted octanol–water partition coefficient (Wildman–Crippen LogP) is -10.7. The van der Waals surface area contributed by atoms with Crippen molar-refractivity contribution in [1.82, 2.24) is 16.0 Å². The van der Waals surface area contributed by atoms with Crippen molar-refractivity contribution in [3.8, 4) is 0 Å². The first-order valence-electron chi connectivity index (χ1n) is 24.1. The second-order valence-electron chi connectivity index (χ2n) is 18.9. The van der Waals surface area contributed by atoms with Gasteiger partial charge in [0.25, 0.3) is 0 Å². The van der Waals surface area contributed by atoms with Crippen LogP contribution in [0, 0.1) is 0 Å². The number of carbonyl (C=O) groups excluding carboxylic acids is 3. The number of amides is 3. The fourth-order valence-electron chi connectivity index (χ4n) is 9.31. The molecule has 0 aromatic carbocycles. The molecular formula is C43H73N3O30. The molecule has 5 aliphatic heterocycles. The number of aliphatic hydroxyl groups excluding tert-OH is 16. The van der Waals surface area contributed by atoms with Gasteiger partial charge in [0.15, 0.2) is 36.1 Å². The molecule has 0 saturated carbocycles. The number of hydrogen-bond donors (Lipinski definition) is 20. The Balaban J connectivity index is 1.35. The number of carbonyl (C=O) groups is 3. The van der Waals surface area contributed by atoms with E-state index in [1.165, 1.54) is 13.8 Å². The molecule has 33 heteroatoms. The lowest BCUT2D eigenvalue weighted by molar-refractivity contribution is -0.387. The van der Waals surface area contributed by atoms with Gasteiger partial charge in [0.1, 0.15) is 104 Å². The summed E-state index contributed by atoms with van der Waals surface area (Å²) in [6, 6.07) is -2.71. The summed E-state index contributed by atoms with van der Waals surface area (Å²) >= 11 is 0. The highest BCUT2D eigenvalue weighted by atomic mass is 16.8. The highest BCUT2D eigenvalue weighted by Crippen LogP contribution is 2.37. The number of nitrogens with one attached hydrogen (secondary N) is 3. The molecule has 5 rings (SSSR count). The fraction of sp³-hybridized carbons (Fsp3) is 0.884. The maximum Gasteiger partial charge on any atom is 0.219 e. The van der Waals surface area contributed by atoms with Gasteiger partial charge in [-0.2, -0.15) is 0 Å². The van der Waals surface area contributed by atoms with Crippen molar-refractivity contribution in [1.29, 1.82) is 0 Å². The molecule has 14 unspecified atom stereocenters. The topological polar surface area (TPSA) is 524 Å². The Morgan fingerprint density at radius 3 is 1.67 bits per heavy atom. The van der Waals surface area contributed by atoms with Gasteiger partial charge in [-0.15, -0.1) is 0 Å². The monoisotopic (exact) mass is 1110 g/mol. The third kappa shape index (κ3) is 14.8. The van der Waals surface area contributed by atoms with Crippen molar-refractivity contribution in [2.75, 3.05) is 39.6 Å². The van der Waals surface area contributed by atoms with E-state index in [9.17, 15) is 96.1 Å². The summed E-state index contributed by atoms with van der Waals surface area (Å²) in [4.78, 5) is 36.8. The molecule has 3 amide bonds. The SMILES string of the molecule is CC(=O)NC1C(O)[C@H](O[C@@H]2OC(CO[C@H]3OC(CO)[C@@H](O)C(O)C3O[C@@H]3OC(CO)[C@@H](O[C@H](O)/C(O)=C(/O)[C@@H](O)CCO)CC3(O)NC(C)=O)[C@@H](O)C(O)C2O)C(CO)O[C@H]1O[C@@H]1C(CO)O[C@@H](C)C(NC(C)=O)C1O. The molecule has 0 bridgehead atoms. The third-order valence-electron chi connectivity index (χ3n) is 13.2. The molecule has 76 heavy (non-hydrogen) atoms. The quantitative estimate of drug-likeness (QED) is 0.0354. The summed E-state index contributed by atoms with van der Waals surface area (Å²) < 4.78 is 57.8. The van der Waals surface area contributed by atoms with Crippen molar-refractivity contribution in [3.05, 3.63) is 11.5 Å². The average molecular weight is 1110 g/mol. The van der Waals surface area contributed by atoms with Gasteiger partial charge in [0.2, 0.25) is 30.3 Å². The van der Waals surface area contributed by atoms with Crippen molar-refractivity contribution in [2.24, 2.45) is 0 Å². The van der Waals surface area contributed by atoms with Crippen molar-refractivity contribution >= 4 is 17.7 Å². The lowest BCUT2D eigenvalue weighted by atomic mass is 9.92. The predicted molar refractivity (Wildman–Crippen MR) is 239 cm³/mol. The van der Waals surface area contributed by atoms with Crippen LogP contribution in [0.5, 0.6) is 0 Å². The first-order chi connectivity index (χ1) is 35.7. The molecule has 0 aliphatic carbocycles. The minimum absolute atomic E-state index is 0.475. The average Bonchev–Trinajstić information content (AvgIpc) is 3.36. The normalized spacial score (nSPS) is 43.3. The van der Waals surface area contributed by atoms with Gasteiger partial charge in [0, 0.05) is 40.2 Å². The Labute approximate surface area is 432 Å². The van der Waals surface area contributed by atoms with E-state index in [1.807, 2.05) is 0 Å². The maximum atomic E-state index is 12.5. The molecule has 440 valence electrons. The van der Waals surface area contributed by atoms with E-state index in [2.05, 4.69) is 16.0 Å². The Morgan fingerprint density at radius 2 is 1.11 bits per heavy atom. The zero-order chi connectivity index (χ0) is 56.7. The van der Waals surface area contributed by atoms with Crippen LogP contribution in [0.2, 0.25) is 0 Å². The molecule has 33 nitrogen and oxygen atoms in total. The molecule has 0 radical (unpaired) electrons. The molecule has 5 aliphatic rings. The molecule has 5 saturated heterocycles. The zero-order valence-corrected chi connectivity index (χ0v) is 41.5. The van der Waals surface area contributed by atoms with Crippen molar-refractivity contribution < 1.29 is 149 Å². The van der Waals surface area contributed by atoms with Gasteiger partial charge in [0.05, 0.1) is 51.3 Å². The van der Waals surface area contributed by atoms with Crippen LogP contribution in [0.3, 0.4) is 0 Å². The summed E-state index contributed by atoms with van der Waals surface area (Å²) in [6.07, 6.45) is -43.6. The van der Waals surface area contributed by atoms with Crippen molar-refractivity contribution in [2.45, 2.75) is 200 Å². The summed E-state index contributed by atoms with van der Waals surface area (Å²) in [5, 5.41) is 188. The molecule has 5 fully saturated rings. The first-order valence-corrected chi connectivity index (χ1v) is 24.1. The number of ether oxygens (including phenoxy) is 10. The van der Waals surface area contributed by atoms with Gasteiger partial charge in [-0.25, -0.2) is 0 Å². The minimum atomic E-state index is -2.77. The van der Waals surface area contributed by atoms with Gasteiger partial charge < -0.3 is 150 Å². The Kier molecular flexibility index (Phi) is 23.2. The van der Waals surface area contributed by atoms with E-state index in [4.69, 9.17) is 52.5 Å². The van der Waals surface area contributed by atoms with Gasteiger partial charge in [-0.3, -0.25) is 14.4 Å². The van der Waals surface area contributed by atoms with E-state index >= 15 is 0 Å². The van der Waals surface area contributed by atoms with Crippen LogP contribution in [-0.2, 0) is 61.8 Å². The summed E-state index contributed by atoms with van der Waals surface area (Å²) in [7, 11) is 0. The summed E-state index contributed by atoms with van der Waals surface area (Å²) in [6.45, 7) is -0.573. The minimum Gasteiger partial charge on any atom is -0.506 e. The van der Waals surface area contributed by atoms with Crippen LogP contribution in [0.15, 0.2) is 11.5 Å². The van der Waals surface area contributed by atoms with Crippen LogP contribution in [-0.4, -0.2) is 303 Å². The smallest absolute Gasteiger partial charge is 0.219 e. The lowest BCUT2D eigenvalue weighted by Crippen LogP contribution is -2.70. The largest absolute Gasteiger partial charge is 0.506 e. The number of rotatable bonds is 22. The van der Waals surface area contributed by atoms with Crippen LogP contribution in [0.25, 0.3) is 0 Å². The van der Waals surface area contributed by atoms with Crippen LogP contribution < -0.4 is 16.0 Å². The lowest BCUT2D eigenvalue weighted by Gasteiger charge is -2.50. The molecule has 5 heterocycles. The molecular weight excluding hydrogens is 1040 g/mol. The Morgan fingerprint density at radius 1 is 0.579 bits per heavy atom. The second-order valence-corrected chi connectivity index (χ2v) is 18.9. The molecule has 0 aromatic heterocycles. The number of aliphatic hydroxyl groups is 17. The molecule has 0 spiro atoms. The molecule has 20 N–H and O–H groups in total. The van der Waals surface area contributed by atoms with E-state index < -0.39 is 241 Å².